The van der Waals surface area contributed by atoms with Gasteiger partial charge in [-0.05, 0) is 31.9 Å². The number of benzene rings is 1. The van der Waals surface area contributed by atoms with Crippen molar-refractivity contribution >= 4 is 11.4 Å². The summed E-state index contributed by atoms with van der Waals surface area (Å²) in [5, 5.41) is 0. The molecule has 1 aliphatic heterocycles. The maximum absolute atomic E-state index is 6.09. The van der Waals surface area contributed by atoms with Crippen LogP contribution in [0.2, 0.25) is 0 Å². The molecule has 0 radical (unpaired) electrons. The highest BCUT2D eigenvalue weighted by Gasteiger charge is 2.19. The zero-order chi connectivity index (χ0) is 12.3. The molecule has 0 aromatic heterocycles. The summed E-state index contributed by atoms with van der Waals surface area (Å²) in [4.78, 5) is 2.42. The van der Waals surface area contributed by atoms with Gasteiger partial charge in [-0.2, -0.15) is 0 Å². The Bertz CT molecular complexity index is 378. The van der Waals surface area contributed by atoms with Crippen LogP contribution in [0.1, 0.15) is 32.6 Å². The SMILES string of the molecule is COc1ccc(N)c(N2CCCCCC2C)c1. The number of ether oxygens (including phenoxy) is 1. The fraction of sp³-hybridized carbons (Fsp3) is 0.571. The van der Waals surface area contributed by atoms with E-state index in [2.05, 4.69) is 17.9 Å². The summed E-state index contributed by atoms with van der Waals surface area (Å²) in [6.45, 7) is 3.38. The largest absolute Gasteiger partial charge is 0.497 e. The van der Waals surface area contributed by atoms with Crippen LogP contribution < -0.4 is 15.4 Å². The lowest BCUT2D eigenvalue weighted by Crippen LogP contribution is -2.33. The fourth-order valence-electron chi connectivity index (χ4n) is 2.53. The van der Waals surface area contributed by atoms with E-state index in [4.69, 9.17) is 10.5 Å². The molecule has 3 heteroatoms. The molecule has 1 heterocycles. The minimum absolute atomic E-state index is 0.562. The molecule has 1 aromatic rings. The monoisotopic (exact) mass is 234 g/mol. The van der Waals surface area contributed by atoms with Crippen LogP contribution in [-0.2, 0) is 0 Å². The second-order valence-corrected chi connectivity index (χ2v) is 4.82. The Morgan fingerprint density at radius 3 is 2.88 bits per heavy atom. The molecular formula is C14H22N2O. The van der Waals surface area contributed by atoms with Crippen molar-refractivity contribution in [1.29, 1.82) is 0 Å². The first-order valence-electron chi connectivity index (χ1n) is 6.42. The van der Waals surface area contributed by atoms with E-state index in [-0.39, 0.29) is 0 Å². The molecule has 0 bridgehead atoms. The number of methoxy groups -OCH3 is 1. The van der Waals surface area contributed by atoms with Crippen molar-refractivity contribution in [2.45, 2.75) is 38.6 Å². The Hall–Kier alpha value is -1.38. The number of nitrogen functional groups attached to an aromatic ring is 1. The third kappa shape index (κ3) is 2.65. The number of nitrogens with zero attached hydrogens (tertiary/aromatic N) is 1. The molecule has 2 rings (SSSR count). The molecule has 3 nitrogen and oxygen atoms in total. The molecule has 0 amide bonds. The van der Waals surface area contributed by atoms with Gasteiger partial charge in [0, 0.05) is 18.7 Å². The summed E-state index contributed by atoms with van der Waals surface area (Å²) in [6.07, 6.45) is 5.14. The second-order valence-electron chi connectivity index (χ2n) is 4.82. The lowest BCUT2D eigenvalue weighted by atomic mass is 10.1. The van der Waals surface area contributed by atoms with Crippen LogP contribution >= 0.6 is 0 Å². The molecule has 1 fully saturated rings. The van der Waals surface area contributed by atoms with Gasteiger partial charge in [-0.15, -0.1) is 0 Å². The Morgan fingerprint density at radius 2 is 2.12 bits per heavy atom. The van der Waals surface area contributed by atoms with E-state index in [1.54, 1.807) is 7.11 Å². The molecule has 1 atom stereocenters. The Labute approximate surface area is 104 Å². The molecule has 1 saturated heterocycles. The van der Waals surface area contributed by atoms with Crippen molar-refractivity contribution in [2.24, 2.45) is 0 Å². The minimum atomic E-state index is 0.562. The smallest absolute Gasteiger partial charge is 0.121 e. The molecule has 0 aliphatic carbocycles. The zero-order valence-corrected chi connectivity index (χ0v) is 10.8. The van der Waals surface area contributed by atoms with E-state index in [0.717, 1.165) is 23.7 Å². The standard InChI is InChI=1S/C14H22N2O/c1-11-6-4-3-5-9-16(11)14-10-12(17-2)7-8-13(14)15/h7-8,10-11H,3-6,9,15H2,1-2H3. The second kappa shape index (κ2) is 5.30. The average Bonchev–Trinajstić information content (AvgIpc) is 2.55. The van der Waals surface area contributed by atoms with Gasteiger partial charge in [-0.3, -0.25) is 0 Å². The van der Waals surface area contributed by atoms with Gasteiger partial charge in [-0.1, -0.05) is 12.8 Å². The van der Waals surface area contributed by atoms with E-state index in [1.165, 1.54) is 25.7 Å². The van der Waals surface area contributed by atoms with Crippen molar-refractivity contribution in [2.75, 3.05) is 24.3 Å². The van der Waals surface area contributed by atoms with Crippen molar-refractivity contribution < 1.29 is 4.74 Å². The van der Waals surface area contributed by atoms with Crippen LogP contribution in [0.15, 0.2) is 18.2 Å². The van der Waals surface area contributed by atoms with Gasteiger partial charge in [-0.25, -0.2) is 0 Å². The minimum Gasteiger partial charge on any atom is -0.497 e. The van der Waals surface area contributed by atoms with E-state index >= 15 is 0 Å². The van der Waals surface area contributed by atoms with Gasteiger partial charge < -0.3 is 15.4 Å². The normalized spacial score (nSPS) is 21.1. The van der Waals surface area contributed by atoms with Crippen LogP contribution in [-0.4, -0.2) is 19.7 Å². The van der Waals surface area contributed by atoms with Crippen molar-refractivity contribution in [3.63, 3.8) is 0 Å². The van der Waals surface area contributed by atoms with Crippen LogP contribution in [0.5, 0.6) is 5.75 Å². The maximum atomic E-state index is 6.09. The van der Waals surface area contributed by atoms with Gasteiger partial charge in [0.2, 0.25) is 0 Å². The average molecular weight is 234 g/mol. The number of rotatable bonds is 2. The third-order valence-corrected chi connectivity index (χ3v) is 3.60. The quantitative estimate of drug-likeness (QED) is 0.799. The van der Waals surface area contributed by atoms with E-state index in [9.17, 15) is 0 Å². The molecule has 94 valence electrons. The zero-order valence-electron chi connectivity index (χ0n) is 10.8. The van der Waals surface area contributed by atoms with Gasteiger partial charge in [0.15, 0.2) is 0 Å². The van der Waals surface area contributed by atoms with Crippen LogP contribution in [0.3, 0.4) is 0 Å². The van der Waals surface area contributed by atoms with Gasteiger partial charge in [0.05, 0.1) is 18.5 Å². The van der Waals surface area contributed by atoms with Crippen molar-refractivity contribution in [1.82, 2.24) is 0 Å². The molecule has 1 unspecified atom stereocenters. The number of hydrogen-bond donors (Lipinski definition) is 1. The number of hydrogen-bond acceptors (Lipinski definition) is 3. The van der Waals surface area contributed by atoms with Crippen LogP contribution in [0, 0.1) is 0 Å². The first kappa shape index (κ1) is 12.1. The maximum Gasteiger partial charge on any atom is 0.121 e. The molecular weight excluding hydrogens is 212 g/mol. The molecule has 1 aromatic carbocycles. The highest BCUT2D eigenvalue weighted by Crippen LogP contribution is 2.32. The highest BCUT2D eigenvalue weighted by atomic mass is 16.5. The predicted molar refractivity (Wildman–Crippen MR) is 72.7 cm³/mol. The summed E-state index contributed by atoms with van der Waals surface area (Å²) in [7, 11) is 1.70. The Balaban J connectivity index is 2.29. The predicted octanol–water partition coefficient (Wildman–Crippen LogP) is 3.05. The fourth-order valence-corrected chi connectivity index (χ4v) is 2.53. The third-order valence-electron chi connectivity index (χ3n) is 3.60. The summed E-state index contributed by atoms with van der Waals surface area (Å²) in [5.41, 5.74) is 8.06. The lowest BCUT2D eigenvalue weighted by Gasteiger charge is -2.30. The number of anilines is 2. The summed E-state index contributed by atoms with van der Waals surface area (Å²) >= 11 is 0. The molecule has 0 saturated carbocycles. The van der Waals surface area contributed by atoms with Gasteiger partial charge in [0.1, 0.15) is 5.75 Å². The van der Waals surface area contributed by atoms with E-state index in [0.29, 0.717) is 6.04 Å². The topological polar surface area (TPSA) is 38.5 Å². The van der Waals surface area contributed by atoms with Gasteiger partial charge >= 0.3 is 0 Å². The Kier molecular flexibility index (Phi) is 3.77. The lowest BCUT2D eigenvalue weighted by molar-refractivity contribution is 0.414. The van der Waals surface area contributed by atoms with Crippen molar-refractivity contribution in [3.05, 3.63) is 18.2 Å². The molecule has 1 aliphatic rings. The summed E-state index contributed by atoms with van der Waals surface area (Å²) < 4.78 is 5.28. The molecule has 0 spiro atoms. The van der Waals surface area contributed by atoms with E-state index < -0.39 is 0 Å². The number of nitrogens with two attached hydrogens (primary N) is 1. The van der Waals surface area contributed by atoms with Crippen LogP contribution in [0.4, 0.5) is 11.4 Å². The van der Waals surface area contributed by atoms with Crippen molar-refractivity contribution in [3.8, 4) is 5.75 Å². The highest BCUT2D eigenvalue weighted by molar-refractivity contribution is 5.70. The first-order valence-corrected chi connectivity index (χ1v) is 6.42. The first-order chi connectivity index (χ1) is 8.22. The Morgan fingerprint density at radius 1 is 1.29 bits per heavy atom. The van der Waals surface area contributed by atoms with E-state index in [1.807, 2.05) is 12.1 Å². The van der Waals surface area contributed by atoms with Crippen LogP contribution in [0.25, 0.3) is 0 Å². The van der Waals surface area contributed by atoms with Gasteiger partial charge in [0.25, 0.3) is 0 Å². The molecule has 17 heavy (non-hydrogen) atoms. The summed E-state index contributed by atoms with van der Waals surface area (Å²) in [5.74, 6) is 0.880. The summed E-state index contributed by atoms with van der Waals surface area (Å²) in [6, 6.07) is 6.47. The molecule has 2 N–H and O–H groups in total.